The Morgan fingerprint density at radius 2 is 1.95 bits per heavy atom. The van der Waals surface area contributed by atoms with Gasteiger partial charge in [0.1, 0.15) is 0 Å². The van der Waals surface area contributed by atoms with E-state index in [1.54, 1.807) is 24.3 Å². The minimum absolute atomic E-state index is 0.00683. The van der Waals surface area contributed by atoms with Gasteiger partial charge in [-0.15, -0.1) is 0 Å². The highest BCUT2D eigenvalue weighted by Crippen LogP contribution is 2.00. The molecule has 103 valence electrons. The van der Waals surface area contributed by atoms with Crippen LogP contribution >= 0.6 is 0 Å². The van der Waals surface area contributed by atoms with E-state index in [-0.39, 0.29) is 5.91 Å². The van der Waals surface area contributed by atoms with E-state index in [9.17, 15) is 4.79 Å². The van der Waals surface area contributed by atoms with Gasteiger partial charge in [0, 0.05) is 38.3 Å². The number of likely N-dealkylation sites (N-methyl/N-ethyl adjacent to an activating group) is 1. The second kappa shape index (κ2) is 7.26. The zero-order valence-corrected chi connectivity index (χ0v) is 11.6. The van der Waals surface area contributed by atoms with Crippen molar-refractivity contribution < 1.29 is 4.79 Å². The number of piperazine rings is 1. The van der Waals surface area contributed by atoms with Gasteiger partial charge in [-0.1, -0.05) is 12.1 Å². The summed E-state index contributed by atoms with van der Waals surface area (Å²) in [5.41, 5.74) is 0.707. The molecule has 1 aromatic carbocycles. The van der Waals surface area contributed by atoms with E-state index in [1.807, 2.05) is 0 Å². The third kappa shape index (κ3) is 4.65. The van der Waals surface area contributed by atoms with Gasteiger partial charge in [-0.25, -0.2) is 0 Å². The van der Waals surface area contributed by atoms with E-state index in [1.165, 1.54) is 0 Å². The topological polar surface area (TPSA) is 35.6 Å². The maximum absolute atomic E-state index is 11.8. The molecule has 1 aliphatic heterocycles. The van der Waals surface area contributed by atoms with Crippen LogP contribution in [0.3, 0.4) is 0 Å². The number of rotatable bonds is 5. The lowest BCUT2D eigenvalue weighted by molar-refractivity contribution is 0.0949. The van der Waals surface area contributed by atoms with Crippen LogP contribution in [0, 0.1) is 6.07 Å². The van der Waals surface area contributed by atoms with Gasteiger partial charge in [-0.3, -0.25) is 4.79 Å². The molecule has 1 aliphatic rings. The predicted octanol–water partition coefficient (Wildman–Crippen LogP) is 0.854. The molecule has 0 bridgehead atoms. The molecule has 2 rings (SSSR count). The van der Waals surface area contributed by atoms with E-state index in [4.69, 9.17) is 0 Å². The lowest BCUT2D eigenvalue weighted by Gasteiger charge is -2.32. The second-order valence-electron chi connectivity index (χ2n) is 5.04. The van der Waals surface area contributed by atoms with Gasteiger partial charge >= 0.3 is 0 Å². The van der Waals surface area contributed by atoms with E-state index < -0.39 is 0 Å². The Bertz CT molecular complexity index is 386. The summed E-state index contributed by atoms with van der Waals surface area (Å²) in [5, 5.41) is 2.96. The smallest absolute Gasteiger partial charge is 0.251 e. The Hall–Kier alpha value is -1.39. The highest BCUT2D eigenvalue weighted by Gasteiger charge is 2.12. The molecule has 1 saturated heterocycles. The molecule has 4 heteroatoms. The van der Waals surface area contributed by atoms with Crippen molar-refractivity contribution in [2.24, 2.45) is 0 Å². The van der Waals surface area contributed by atoms with Crippen LogP contribution in [0.2, 0.25) is 0 Å². The summed E-state index contributed by atoms with van der Waals surface area (Å²) in [6, 6.07) is 10.0. The summed E-state index contributed by atoms with van der Waals surface area (Å²) >= 11 is 0. The summed E-state index contributed by atoms with van der Waals surface area (Å²) in [6.07, 6.45) is 1.01. The fraction of sp³-hybridized carbons (Fsp3) is 0.533. The third-order valence-corrected chi connectivity index (χ3v) is 3.51. The molecule has 0 spiro atoms. The van der Waals surface area contributed by atoms with Crippen molar-refractivity contribution in [1.29, 1.82) is 0 Å². The summed E-state index contributed by atoms with van der Waals surface area (Å²) in [5.74, 6) is 0.00683. The number of carbonyl (C=O) groups is 1. The van der Waals surface area contributed by atoms with Crippen molar-refractivity contribution in [2.75, 3.05) is 46.3 Å². The summed E-state index contributed by atoms with van der Waals surface area (Å²) in [6.45, 7) is 6.37. The lowest BCUT2D eigenvalue weighted by atomic mass is 10.2. The van der Waals surface area contributed by atoms with Crippen LogP contribution in [-0.4, -0.2) is 62.0 Å². The zero-order valence-electron chi connectivity index (χ0n) is 11.6. The molecule has 0 aromatic heterocycles. The van der Waals surface area contributed by atoms with Crippen LogP contribution in [-0.2, 0) is 0 Å². The minimum atomic E-state index is 0.00683. The predicted molar refractivity (Wildman–Crippen MR) is 76.2 cm³/mol. The molecule has 1 radical (unpaired) electrons. The molecule has 1 fully saturated rings. The van der Waals surface area contributed by atoms with Crippen LogP contribution in [0.1, 0.15) is 16.8 Å². The van der Waals surface area contributed by atoms with E-state index in [2.05, 4.69) is 28.2 Å². The van der Waals surface area contributed by atoms with E-state index in [0.29, 0.717) is 5.56 Å². The number of hydrogen-bond acceptors (Lipinski definition) is 3. The average molecular weight is 260 g/mol. The molecule has 0 atom stereocenters. The lowest BCUT2D eigenvalue weighted by Crippen LogP contribution is -2.45. The Morgan fingerprint density at radius 1 is 1.26 bits per heavy atom. The number of hydrogen-bond donors (Lipinski definition) is 1. The molecule has 0 aliphatic carbocycles. The first-order valence-corrected chi connectivity index (χ1v) is 6.91. The van der Waals surface area contributed by atoms with Crippen molar-refractivity contribution in [3.8, 4) is 0 Å². The van der Waals surface area contributed by atoms with Crippen LogP contribution in [0.25, 0.3) is 0 Å². The fourth-order valence-electron chi connectivity index (χ4n) is 2.22. The van der Waals surface area contributed by atoms with Gasteiger partial charge < -0.3 is 15.1 Å². The largest absolute Gasteiger partial charge is 0.352 e. The second-order valence-corrected chi connectivity index (χ2v) is 5.04. The quantitative estimate of drug-likeness (QED) is 0.797. The molecule has 19 heavy (non-hydrogen) atoms. The fourth-order valence-corrected chi connectivity index (χ4v) is 2.22. The van der Waals surface area contributed by atoms with Crippen molar-refractivity contribution in [3.05, 3.63) is 35.9 Å². The maximum atomic E-state index is 11.8. The van der Waals surface area contributed by atoms with Crippen molar-refractivity contribution in [3.63, 3.8) is 0 Å². The summed E-state index contributed by atoms with van der Waals surface area (Å²) in [4.78, 5) is 16.6. The molecule has 1 N–H and O–H groups in total. The molecular weight excluding hydrogens is 238 g/mol. The molecule has 1 heterocycles. The van der Waals surface area contributed by atoms with Gasteiger partial charge in [0.05, 0.1) is 0 Å². The Kier molecular flexibility index (Phi) is 5.36. The minimum Gasteiger partial charge on any atom is -0.352 e. The molecular formula is C15H22N3O. The summed E-state index contributed by atoms with van der Waals surface area (Å²) in [7, 11) is 2.16. The molecule has 1 amide bonds. The monoisotopic (exact) mass is 260 g/mol. The zero-order chi connectivity index (χ0) is 13.5. The standard InChI is InChI=1S/C15H22N3O/c1-17-10-12-18(13-11-17)9-5-8-16-15(19)14-6-3-2-4-7-14/h3-4,6-7H,5,8-13H2,1H3,(H,16,19). The van der Waals surface area contributed by atoms with Crippen LogP contribution < -0.4 is 5.32 Å². The number of nitrogens with zero attached hydrogens (tertiary/aromatic N) is 2. The molecule has 4 nitrogen and oxygen atoms in total. The number of benzene rings is 1. The highest BCUT2D eigenvalue weighted by atomic mass is 16.1. The normalized spacial score (nSPS) is 17.3. The third-order valence-electron chi connectivity index (χ3n) is 3.51. The van der Waals surface area contributed by atoms with Gasteiger partial charge in [0.2, 0.25) is 0 Å². The van der Waals surface area contributed by atoms with Crippen LogP contribution in [0.15, 0.2) is 24.3 Å². The van der Waals surface area contributed by atoms with Crippen molar-refractivity contribution in [1.82, 2.24) is 15.1 Å². The van der Waals surface area contributed by atoms with Gasteiger partial charge in [-0.05, 0) is 38.2 Å². The van der Waals surface area contributed by atoms with Gasteiger partial charge in [0.25, 0.3) is 5.91 Å². The number of nitrogens with one attached hydrogen (secondary N) is 1. The van der Waals surface area contributed by atoms with Crippen LogP contribution in [0.5, 0.6) is 0 Å². The number of carbonyl (C=O) groups excluding carboxylic acids is 1. The number of amides is 1. The first kappa shape index (κ1) is 14.0. The summed E-state index contributed by atoms with van der Waals surface area (Å²) < 4.78 is 0. The Morgan fingerprint density at radius 3 is 2.63 bits per heavy atom. The SMILES string of the molecule is CN1CCN(CCCNC(=O)c2cc[c]cc2)CC1. The average Bonchev–Trinajstić information content (AvgIpc) is 2.46. The van der Waals surface area contributed by atoms with Crippen molar-refractivity contribution >= 4 is 5.91 Å². The first-order valence-electron chi connectivity index (χ1n) is 6.91. The Labute approximate surface area is 115 Å². The van der Waals surface area contributed by atoms with E-state index in [0.717, 1.165) is 45.7 Å². The molecule has 1 aromatic rings. The highest BCUT2D eigenvalue weighted by molar-refractivity contribution is 5.94. The Balaban J connectivity index is 1.61. The van der Waals surface area contributed by atoms with Gasteiger partial charge in [-0.2, -0.15) is 0 Å². The van der Waals surface area contributed by atoms with Gasteiger partial charge in [0.15, 0.2) is 0 Å². The molecule has 0 unspecified atom stereocenters. The first-order chi connectivity index (χ1) is 9.25. The van der Waals surface area contributed by atoms with Crippen molar-refractivity contribution in [2.45, 2.75) is 6.42 Å². The maximum Gasteiger partial charge on any atom is 0.251 e. The molecule has 0 saturated carbocycles. The van der Waals surface area contributed by atoms with Crippen LogP contribution in [0.4, 0.5) is 0 Å². The van der Waals surface area contributed by atoms with E-state index >= 15 is 0 Å².